The summed E-state index contributed by atoms with van der Waals surface area (Å²) in [6.07, 6.45) is 1.25. The van der Waals surface area contributed by atoms with E-state index in [-0.39, 0.29) is 18.0 Å². The zero-order chi connectivity index (χ0) is 13.1. The fourth-order valence-electron chi connectivity index (χ4n) is 2.17. The maximum Gasteiger partial charge on any atom is 0.308 e. The molecule has 1 aliphatic rings. The molecule has 4 nitrogen and oxygen atoms in total. The van der Waals surface area contributed by atoms with Gasteiger partial charge in [-0.25, -0.2) is 4.39 Å². The lowest BCUT2D eigenvalue weighted by atomic mass is 9.97. The molecule has 5 heteroatoms. The Bertz CT molecular complexity index is 475. The van der Waals surface area contributed by atoms with Gasteiger partial charge < -0.3 is 10.0 Å². The molecule has 96 valence electrons. The Labute approximate surface area is 104 Å². The lowest BCUT2D eigenvalue weighted by Gasteiger charge is -2.30. The van der Waals surface area contributed by atoms with Gasteiger partial charge in [0.15, 0.2) is 0 Å². The van der Waals surface area contributed by atoms with E-state index in [1.807, 2.05) is 0 Å². The van der Waals surface area contributed by atoms with Gasteiger partial charge in [0.1, 0.15) is 5.82 Å². The molecule has 2 rings (SSSR count). The van der Waals surface area contributed by atoms with Gasteiger partial charge in [-0.15, -0.1) is 0 Å². The molecule has 1 amide bonds. The lowest BCUT2D eigenvalue weighted by Crippen LogP contribution is -2.42. The third-order valence-corrected chi connectivity index (χ3v) is 3.13. The van der Waals surface area contributed by atoms with Crippen LogP contribution in [-0.2, 0) is 4.79 Å². The Balaban J connectivity index is 2.11. The highest BCUT2D eigenvalue weighted by molar-refractivity contribution is 5.94. The summed E-state index contributed by atoms with van der Waals surface area (Å²) in [6.45, 7) is 0.726. The average Bonchev–Trinajstić information content (AvgIpc) is 2.38. The number of benzene rings is 1. The number of carboxylic acid groups (broad SMARTS) is 1. The molecular formula is C13H14FNO3. The standard InChI is InChI=1S/C13H14FNO3/c14-11-5-1-3-9(7-11)12(16)15-6-2-4-10(8-15)13(17)18/h1,3,5,7,10H,2,4,6,8H2,(H,17,18)/t10-/m1/s1. The molecule has 0 aliphatic carbocycles. The molecule has 0 bridgehead atoms. The average molecular weight is 251 g/mol. The number of nitrogens with zero attached hydrogens (tertiary/aromatic N) is 1. The zero-order valence-electron chi connectivity index (χ0n) is 9.80. The van der Waals surface area contributed by atoms with Crippen molar-refractivity contribution in [2.75, 3.05) is 13.1 Å². The van der Waals surface area contributed by atoms with Crippen LogP contribution in [0.2, 0.25) is 0 Å². The van der Waals surface area contributed by atoms with Crippen molar-refractivity contribution in [3.05, 3.63) is 35.6 Å². The lowest BCUT2D eigenvalue weighted by molar-refractivity contribution is -0.143. The number of aliphatic carboxylic acids is 1. The SMILES string of the molecule is O=C(O)[C@@H]1CCCN(C(=O)c2cccc(F)c2)C1. The van der Waals surface area contributed by atoms with Crippen LogP contribution in [0.4, 0.5) is 4.39 Å². The van der Waals surface area contributed by atoms with E-state index in [0.29, 0.717) is 19.4 Å². The normalized spacial score (nSPS) is 19.6. The van der Waals surface area contributed by atoms with Gasteiger partial charge in [0, 0.05) is 18.7 Å². The van der Waals surface area contributed by atoms with E-state index in [1.54, 1.807) is 0 Å². The summed E-state index contributed by atoms with van der Waals surface area (Å²) in [4.78, 5) is 24.5. The molecule has 0 unspecified atom stereocenters. The van der Waals surface area contributed by atoms with Crippen LogP contribution in [0.25, 0.3) is 0 Å². The van der Waals surface area contributed by atoms with Crippen molar-refractivity contribution < 1.29 is 19.1 Å². The molecule has 1 atom stereocenters. The molecule has 1 aromatic rings. The van der Waals surface area contributed by atoms with E-state index in [2.05, 4.69) is 0 Å². The molecule has 0 saturated carbocycles. The van der Waals surface area contributed by atoms with E-state index in [4.69, 9.17) is 5.11 Å². The highest BCUT2D eigenvalue weighted by Gasteiger charge is 2.28. The number of hydrogen-bond acceptors (Lipinski definition) is 2. The van der Waals surface area contributed by atoms with Crippen LogP contribution in [0, 0.1) is 11.7 Å². The molecule has 0 aromatic heterocycles. The number of piperidine rings is 1. The Morgan fingerprint density at radius 1 is 1.39 bits per heavy atom. The van der Waals surface area contributed by atoms with Crippen molar-refractivity contribution in [2.24, 2.45) is 5.92 Å². The van der Waals surface area contributed by atoms with E-state index in [0.717, 1.165) is 0 Å². The maximum atomic E-state index is 13.0. The van der Waals surface area contributed by atoms with E-state index in [9.17, 15) is 14.0 Å². The van der Waals surface area contributed by atoms with Crippen molar-refractivity contribution in [1.29, 1.82) is 0 Å². The molecule has 18 heavy (non-hydrogen) atoms. The van der Waals surface area contributed by atoms with Crippen molar-refractivity contribution in [3.8, 4) is 0 Å². The Morgan fingerprint density at radius 2 is 2.17 bits per heavy atom. The van der Waals surface area contributed by atoms with Gasteiger partial charge in [0.2, 0.25) is 0 Å². The summed E-state index contributed by atoms with van der Waals surface area (Å²) >= 11 is 0. The van der Waals surface area contributed by atoms with Crippen molar-refractivity contribution in [1.82, 2.24) is 4.90 Å². The summed E-state index contributed by atoms with van der Waals surface area (Å²) in [5, 5.41) is 8.95. The molecule has 1 N–H and O–H groups in total. The Kier molecular flexibility index (Phi) is 3.60. The molecule has 1 aliphatic heterocycles. The highest BCUT2D eigenvalue weighted by atomic mass is 19.1. The number of carbonyl (C=O) groups excluding carboxylic acids is 1. The van der Waals surface area contributed by atoms with Crippen LogP contribution in [0.5, 0.6) is 0 Å². The fourth-order valence-corrected chi connectivity index (χ4v) is 2.17. The van der Waals surface area contributed by atoms with Gasteiger partial charge in [-0.3, -0.25) is 9.59 Å². The molecule has 1 aromatic carbocycles. The van der Waals surface area contributed by atoms with Gasteiger partial charge in [-0.05, 0) is 31.0 Å². The number of carboxylic acids is 1. The van der Waals surface area contributed by atoms with Crippen LogP contribution in [-0.4, -0.2) is 35.0 Å². The molecule has 1 heterocycles. The van der Waals surface area contributed by atoms with E-state index in [1.165, 1.54) is 29.2 Å². The second-order valence-electron chi connectivity index (χ2n) is 4.44. The quantitative estimate of drug-likeness (QED) is 0.871. The van der Waals surface area contributed by atoms with E-state index < -0.39 is 17.7 Å². The third-order valence-electron chi connectivity index (χ3n) is 3.13. The molecule has 1 saturated heterocycles. The van der Waals surface area contributed by atoms with Gasteiger partial charge in [-0.1, -0.05) is 6.07 Å². The van der Waals surface area contributed by atoms with Gasteiger partial charge in [-0.2, -0.15) is 0 Å². The Morgan fingerprint density at radius 3 is 2.83 bits per heavy atom. The summed E-state index contributed by atoms with van der Waals surface area (Å²) in [5.74, 6) is -2.17. The zero-order valence-corrected chi connectivity index (χ0v) is 9.80. The molecular weight excluding hydrogens is 237 g/mol. The smallest absolute Gasteiger partial charge is 0.308 e. The minimum absolute atomic E-state index is 0.199. The number of carbonyl (C=O) groups is 2. The van der Waals surface area contributed by atoms with Crippen LogP contribution in [0.1, 0.15) is 23.2 Å². The summed E-state index contributed by atoms with van der Waals surface area (Å²) in [6, 6.07) is 5.46. The molecule has 0 spiro atoms. The first-order chi connectivity index (χ1) is 8.58. The van der Waals surface area contributed by atoms with E-state index >= 15 is 0 Å². The number of halogens is 1. The second-order valence-corrected chi connectivity index (χ2v) is 4.44. The number of amides is 1. The first-order valence-corrected chi connectivity index (χ1v) is 5.85. The first kappa shape index (κ1) is 12.5. The van der Waals surface area contributed by atoms with Crippen molar-refractivity contribution in [3.63, 3.8) is 0 Å². The number of likely N-dealkylation sites (tertiary alicyclic amines) is 1. The predicted octanol–water partition coefficient (Wildman–Crippen LogP) is 1.76. The summed E-state index contributed by atoms with van der Waals surface area (Å²) in [7, 11) is 0. The molecule has 1 fully saturated rings. The van der Waals surface area contributed by atoms with Crippen LogP contribution >= 0.6 is 0 Å². The van der Waals surface area contributed by atoms with Crippen LogP contribution < -0.4 is 0 Å². The van der Waals surface area contributed by atoms with Gasteiger partial charge >= 0.3 is 5.97 Å². The third kappa shape index (κ3) is 2.67. The van der Waals surface area contributed by atoms with Crippen molar-refractivity contribution in [2.45, 2.75) is 12.8 Å². The molecule has 0 radical (unpaired) electrons. The summed E-state index contributed by atoms with van der Waals surface area (Å²) < 4.78 is 13.0. The number of rotatable bonds is 2. The minimum atomic E-state index is -0.883. The van der Waals surface area contributed by atoms with Gasteiger partial charge in [0.25, 0.3) is 5.91 Å². The first-order valence-electron chi connectivity index (χ1n) is 5.85. The minimum Gasteiger partial charge on any atom is -0.481 e. The largest absolute Gasteiger partial charge is 0.481 e. The predicted molar refractivity (Wildman–Crippen MR) is 62.7 cm³/mol. The number of hydrogen-bond donors (Lipinski definition) is 1. The highest BCUT2D eigenvalue weighted by Crippen LogP contribution is 2.19. The van der Waals surface area contributed by atoms with Crippen molar-refractivity contribution >= 4 is 11.9 Å². The maximum absolute atomic E-state index is 13.0. The van der Waals surface area contributed by atoms with Crippen LogP contribution in [0.15, 0.2) is 24.3 Å². The van der Waals surface area contributed by atoms with Gasteiger partial charge in [0.05, 0.1) is 5.92 Å². The second kappa shape index (κ2) is 5.16. The van der Waals surface area contributed by atoms with Crippen LogP contribution in [0.3, 0.4) is 0 Å². The monoisotopic (exact) mass is 251 g/mol. The fraction of sp³-hybridized carbons (Fsp3) is 0.385. The topological polar surface area (TPSA) is 57.6 Å². The summed E-state index contributed by atoms with van der Waals surface area (Å²) in [5.41, 5.74) is 0.265. The Hall–Kier alpha value is -1.91.